The van der Waals surface area contributed by atoms with Gasteiger partial charge in [0.05, 0.1) is 7.11 Å². The maximum atomic E-state index is 12.3. The van der Waals surface area contributed by atoms with Gasteiger partial charge in [0, 0.05) is 16.7 Å². The van der Waals surface area contributed by atoms with Crippen LogP contribution in [0.1, 0.15) is 19.8 Å². The van der Waals surface area contributed by atoms with Gasteiger partial charge in [0.1, 0.15) is 10.6 Å². The quantitative estimate of drug-likeness (QED) is 0.798. The summed E-state index contributed by atoms with van der Waals surface area (Å²) >= 11 is 3.25. The highest BCUT2D eigenvalue weighted by atomic mass is 79.9. The fourth-order valence-corrected chi connectivity index (χ4v) is 3.36. The van der Waals surface area contributed by atoms with Crippen molar-refractivity contribution >= 4 is 31.6 Å². The predicted molar refractivity (Wildman–Crippen MR) is 77.6 cm³/mol. The van der Waals surface area contributed by atoms with E-state index in [-0.39, 0.29) is 16.1 Å². The van der Waals surface area contributed by atoms with E-state index in [0.717, 1.165) is 12.8 Å². The lowest BCUT2D eigenvalue weighted by Gasteiger charge is -2.14. The second-order valence-corrected chi connectivity index (χ2v) is 7.75. The van der Waals surface area contributed by atoms with Crippen LogP contribution in [-0.4, -0.2) is 22.1 Å². The lowest BCUT2D eigenvalue weighted by Crippen LogP contribution is -2.29. The second-order valence-electron chi connectivity index (χ2n) is 5.16. The van der Waals surface area contributed by atoms with Gasteiger partial charge in [-0.05, 0) is 46.3 Å². The molecule has 0 amide bonds. The number of ether oxygens (including phenoxy) is 1. The topological polar surface area (TPSA) is 81.4 Å². The van der Waals surface area contributed by atoms with Crippen LogP contribution in [0.3, 0.4) is 0 Å². The van der Waals surface area contributed by atoms with E-state index >= 15 is 0 Å². The summed E-state index contributed by atoms with van der Waals surface area (Å²) in [5, 5.41) is 0. The molecule has 1 aliphatic rings. The number of anilines is 1. The van der Waals surface area contributed by atoms with E-state index in [1.54, 1.807) is 6.07 Å². The Bertz CT molecular complexity index is 597. The van der Waals surface area contributed by atoms with Crippen molar-refractivity contribution in [2.75, 3.05) is 19.4 Å². The van der Waals surface area contributed by atoms with E-state index in [4.69, 9.17) is 10.5 Å². The van der Waals surface area contributed by atoms with E-state index < -0.39 is 10.0 Å². The molecular formula is C12H17BrN2O3S. The van der Waals surface area contributed by atoms with E-state index in [0.29, 0.717) is 16.7 Å². The molecule has 106 valence electrons. The molecule has 0 aromatic heterocycles. The maximum absolute atomic E-state index is 12.3. The summed E-state index contributed by atoms with van der Waals surface area (Å²) in [5.74, 6) is 0.273. The molecule has 1 saturated carbocycles. The number of hydrogen-bond donors (Lipinski definition) is 2. The Morgan fingerprint density at radius 1 is 1.47 bits per heavy atom. The lowest BCUT2D eigenvalue weighted by molar-refractivity contribution is 0.402. The Morgan fingerprint density at radius 2 is 2.11 bits per heavy atom. The Hall–Kier alpha value is -0.790. The van der Waals surface area contributed by atoms with Crippen molar-refractivity contribution in [2.45, 2.75) is 24.7 Å². The summed E-state index contributed by atoms with van der Waals surface area (Å²) in [5.41, 5.74) is 6.20. The van der Waals surface area contributed by atoms with Crippen molar-refractivity contribution in [2.24, 2.45) is 5.41 Å². The number of sulfonamides is 1. The Balaban J connectivity index is 2.30. The lowest BCUT2D eigenvalue weighted by atomic mass is 10.2. The van der Waals surface area contributed by atoms with Gasteiger partial charge in [0.2, 0.25) is 10.0 Å². The second kappa shape index (κ2) is 4.96. The first-order chi connectivity index (χ1) is 8.77. The number of rotatable bonds is 5. The Labute approximate surface area is 121 Å². The summed E-state index contributed by atoms with van der Waals surface area (Å²) in [7, 11) is -2.18. The highest BCUT2D eigenvalue weighted by Gasteiger charge is 2.38. The summed E-state index contributed by atoms with van der Waals surface area (Å²) < 4.78 is 32.9. The summed E-state index contributed by atoms with van der Waals surface area (Å²) in [6, 6.07) is 2.96. The molecule has 0 saturated heterocycles. The highest BCUT2D eigenvalue weighted by Crippen LogP contribution is 2.44. The smallest absolute Gasteiger partial charge is 0.244 e. The molecule has 1 aromatic rings. The van der Waals surface area contributed by atoms with Crippen LogP contribution in [0.25, 0.3) is 0 Å². The van der Waals surface area contributed by atoms with Crippen LogP contribution in [0, 0.1) is 5.41 Å². The number of benzene rings is 1. The van der Waals surface area contributed by atoms with Crippen molar-refractivity contribution in [1.29, 1.82) is 0 Å². The highest BCUT2D eigenvalue weighted by molar-refractivity contribution is 9.10. The minimum absolute atomic E-state index is 0.0694. The maximum Gasteiger partial charge on any atom is 0.244 e. The van der Waals surface area contributed by atoms with Crippen molar-refractivity contribution in [1.82, 2.24) is 4.72 Å². The molecule has 1 aromatic carbocycles. The van der Waals surface area contributed by atoms with Crippen LogP contribution in [0.15, 0.2) is 21.5 Å². The molecular weight excluding hydrogens is 332 g/mol. The van der Waals surface area contributed by atoms with Crippen LogP contribution in [0.5, 0.6) is 5.75 Å². The van der Waals surface area contributed by atoms with Crippen LogP contribution in [-0.2, 0) is 10.0 Å². The van der Waals surface area contributed by atoms with Gasteiger partial charge >= 0.3 is 0 Å². The van der Waals surface area contributed by atoms with E-state index in [2.05, 4.69) is 27.6 Å². The third-order valence-electron chi connectivity index (χ3n) is 3.36. The minimum atomic E-state index is -3.61. The largest absolute Gasteiger partial charge is 0.495 e. The average molecular weight is 349 g/mol. The standard InChI is InChI=1S/C12H17BrN2O3S/c1-12(3-4-12)7-15-19(16,17)11-6-9(14)8(13)5-10(11)18-2/h5-6,15H,3-4,7,14H2,1-2H3. The fraction of sp³-hybridized carbons (Fsp3) is 0.500. The molecule has 0 unspecified atom stereocenters. The van der Waals surface area contributed by atoms with Gasteiger partial charge in [-0.25, -0.2) is 13.1 Å². The molecule has 0 aliphatic heterocycles. The predicted octanol–water partition coefficient (Wildman–Crippen LogP) is 2.12. The fourth-order valence-electron chi connectivity index (χ4n) is 1.66. The van der Waals surface area contributed by atoms with Crippen molar-refractivity contribution in [3.05, 3.63) is 16.6 Å². The average Bonchev–Trinajstić information content (AvgIpc) is 3.08. The van der Waals surface area contributed by atoms with Gasteiger partial charge < -0.3 is 10.5 Å². The van der Waals surface area contributed by atoms with Gasteiger partial charge in [0.25, 0.3) is 0 Å². The van der Waals surface area contributed by atoms with Gasteiger partial charge in [-0.1, -0.05) is 6.92 Å². The van der Waals surface area contributed by atoms with E-state index in [9.17, 15) is 8.42 Å². The molecule has 3 N–H and O–H groups in total. The van der Waals surface area contributed by atoms with E-state index in [1.165, 1.54) is 13.2 Å². The molecule has 0 spiro atoms. The minimum Gasteiger partial charge on any atom is -0.495 e. The van der Waals surface area contributed by atoms with Gasteiger partial charge in [-0.2, -0.15) is 0 Å². The summed E-state index contributed by atoms with van der Waals surface area (Å²) in [4.78, 5) is 0.0694. The third kappa shape index (κ3) is 3.21. The third-order valence-corrected chi connectivity index (χ3v) is 5.47. The molecule has 0 atom stereocenters. The van der Waals surface area contributed by atoms with E-state index in [1.807, 2.05) is 0 Å². The molecule has 19 heavy (non-hydrogen) atoms. The van der Waals surface area contributed by atoms with Crippen LogP contribution in [0.2, 0.25) is 0 Å². The molecule has 5 nitrogen and oxygen atoms in total. The number of nitrogen functional groups attached to an aromatic ring is 1. The number of nitrogens with one attached hydrogen (secondary N) is 1. The SMILES string of the molecule is COc1cc(Br)c(N)cc1S(=O)(=O)NCC1(C)CC1. The number of hydrogen-bond acceptors (Lipinski definition) is 4. The normalized spacial score (nSPS) is 17.2. The first-order valence-corrected chi connectivity index (χ1v) is 8.18. The zero-order valence-corrected chi connectivity index (χ0v) is 13.3. The van der Waals surface area contributed by atoms with Crippen LogP contribution in [0.4, 0.5) is 5.69 Å². The summed E-state index contributed by atoms with van der Waals surface area (Å²) in [6.45, 7) is 2.50. The molecule has 7 heteroatoms. The van der Waals surface area contributed by atoms with Crippen molar-refractivity contribution < 1.29 is 13.2 Å². The monoisotopic (exact) mass is 348 g/mol. The first-order valence-electron chi connectivity index (χ1n) is 5.90. The van der Waals surface area contributed by atoms with Crippen molar-refractivity contribution in [3.63, 3.8) is 0 Å². The Morgan fingerprint density at radius 3 is 2.63 bits per heavy atom. The van der Waals surface area contributed by atoms with Crippen molar-refractivity contribution in [3.8, 4) is 5.75 Å². The van der Waals surface area contributed by atoms with Gasteiger partial charge in [-0.15, -0.1) is 0 Å². The summed E-state index contributed by atoms with van der Waals surface area (Å²) in [6.07, 6.45) is 2.10. The molecule has 2 rings (SSSR count). The van der Waals surface area contributed by atoms with Gasteiger partial charge in [0.15, 0.2) is 0 Å². The number of nitrogens with two attached hydrogens (primary N) is 1. The zero-order chi connectivity index (χ0) is 14.3. The van der Waals surface area contributed by atoms with Crippen LogP contribution < -0.4 is 15.2 Å². The Kier molecular flexibility index (Phi) is 3.81. The molecule has 0 radical (unpaired) electrons. The number of halogens is 1. The molecule has 1 aliphatic carbocycles. The van der Waals surface area contributed by atoms with Crippen LogP contribution >= 0.6 is 15.9 Å². The number of methoxy groups -OCH3 is 1. The first kappa shape index (κ1) is 14.6. The zero-order valence-electron chi connectivity index (χ0n) is 10.9. The molecule has 0 heterocycles. The molecule has 1 fully saturated rings. The molecule has 0 bridgehead atoms. The van der Waals surface area contributed by atoms with Gasteiger partial charge in [-0.3, -0.25) is 0 Å².